The maximum atomic E-state index is 11.9. The number of hydrogen-bond donors (Lipinski definition) is 0. The molecule has 1 aliphatic heterocycles. The van der Waals surface area contributed by atoms with E-state index < -0.39 is 0 Å². The summed E-state index contributed by atoms with van der Waals surface area (Å²) in [7, 11) is 0. The van der Waals surface area contributed by atoms with Crippen LogP contribution in [0.1, 0.15) is 12.8 Å². The van der Waals surface area contributed by atoms with Crippen LogP contribution in [-0.4, -0.2) is 29.4 Å². The summed E-state index contributed by atoms with van der Waals surface area (Å²) in [6, 6.07) is 9.32. The first-order valence-corrected chi connectivity index (χ1v) is 6.51. The molecule has 0 amide bonds. The third-order valence-electron chi connectivity index (χ3n) is 3.17. The first-order valence-electron chi connectivity index (χ1n) is 6.51. The van der Waals surface area contributed by atoms with Gasteiger partial charge in [-0.1, -0.05) is 23.3 Å². The summed E-state index contributed by atoms with van der Waals surface area (Å²) in [5, 5.41) is 7.60. The van der Waals surface area contributed by atoms with Crippen molar-refractivity contribution in [2.45, 2.75) is 12.8 Å². The third-order valence-corrected chi connectivity index (χ3v) is 3.17. The van der Waals surface area contributed by atoms with Crippen molar-refractivity contribution in [3.05, 3.63) is 30.3 Å². The summed E-state index contributed by atoms with van der Waals surface area (Å²) in [5.41, 5.74) is 0.786. The molecule has 0 unspecified atom stereocenters. The molecule has 20 heavy (non-hydrogen) atoms. The Hall–Kier alpha value is -2.21. The smallest absolute Gasteiger partial charge is 0.388 e. The molecule has 1 saturated heterocycles. The van der Waals surface area contributed by atoms with Gasteiger partial charge in [-0.3, -0.25) is 4.79 Å². The van der Waals surface area contributed by atoms with E-state index in [9.17, 15) is 4.79 Å². The van der Waals surface area contributed by atoms with E-state index in [1.807, 2.05) is 30.3 Å². The number of carbonyl (C=O) groups is 1. The second-order valence-electron chi connectivity index (χ2n) is 4.55. The van der Waals surface area contributed by atoms with Gasteiger partial charge >= 0.3 is 12.0 Å². The van der Waals surface area contributed by atoms with Gasteiger partial charge in [0.15, 0.2) is 0 Å². The Balaban J connectivity index is 1.66. The Kier molecular flexibility index (Phi) is 3.73. The summed E-state index contributed by atoms with van der Waals surface area (Å²) in [6.45, 7) is 1.16. The van der Waals surface area contributed by atoms with Crippen LogP contribution in [0.25, 0.3) is 11.5 Å². The minimum absolute atomic E-state index is 0.111. The highest BCUT2D eigenvalue weighted by Gasteiger charge is 2.25. The predicted octanol–water partition coefficient (Wildman–Crippen LogP) is 2.07. The Morgan fingerprint density at radius 3 is 2.65 bits per heavy atom. The van der Waals surface area contributed by atoms with Gasteiger partial charge in [0.2, 0.25) is 0 Å². The molecule has 1 aromatic carbocycles. The number of aromatic nitrogens is 2. The molecule has 0 spiro atoms. The molecule has 6 heteroatoms. The molecular weight excluding hydrogens is 260 g/mol. The molecule has 0 N–H and O–H groups in total. The first kappa shape index (κ1) is 12.8. The van der Waals surface area contributed by atoms with E-state index in [2.05, 4.69) is 10.2 Å². The second-order valence-corrected chi connectivity index (χ2v) is 4.55. The average Bonchev–Trinajstić information content (AvgIpc) is 2.97. The van der Waals surface area contributed by atoms with Gasteiger partial charge in [0.1, 0.15) is 0 Å². The third kappa shape index (κ3) is 2.85. The Morgan fingerprint density at radius 2 is 1.90 bits per heavy atom. The lowest BCUT2D eigenvalue weighted by Gasteiger charge is -2.19. The molecule has 0 bridgehead atoms. The number of nitrogens with zero attached hydrogens (tertiary/aromatic N) is 2. The van der Waals surface area contributed by atoms with Gasteiger partial charge in [-0.15, -0.1) is 5.10 Å². The standard InChI is InChI=1S/C14H14N2O4/c17-13(11-6-8-18-9-7-11)20-14-16-15-12(19-14)10-4-2-1-3-5-10/h1-5,11H,6-9H2. The molecule has 1 fully saturated rings. The molecule has 2 aromatic rings. The van der Waals surface area contributed by atoms with Crippen molar-refractivity contribution in [2.24, 2.45) is 5.92 Å². The highest BCUT2D eigenvalue weighted by molar-refractivity contribution is 5.74. The fourth-order valence-electron chi connectivity index (χ4n) is 2.05. The molecule has 104 valence electrons. The Labute approximate surface area is 115 Å². The second kappa shape index (κ2) is 5.83. The van der Waals surface area contributed by atoms with Gasteiger partial charge in [-0.05, 0) is 25.0 Å². The maximum absolute atomic E-state index is 11.9. The van der Waals surface area contributed by atoms with Crippen molar-refractivity contribution in [2.75, 3.05) is 13.2 Å². The lowest BCUT2D eigenvalue weighted by Crippen LogP contribution is -2.27. The van der Waals surface area contributed by atoms with Crippen molar-refractivity contribution >= 4 is 5.97 Å². The minimum atomic E-state index is -0.337. The molecule has 1 aliphatic rings. The summed E-state index contributed by atoms with van der Waals surface area (Å²) < 4.78 is 15.7. The number of rotatable bonds is 3. The highest BCUT2D eigenvalue weighted by atomic mass is 16.6. The van der Waals surface area contributed by atoms with Crippen molar-refractivity contribution in [1.82, 2.24) is 10.2 Å². The topological polar surface area (TPSA) is 74.5 Å². The van der Waals surface area contributed by atoms with Crippen LogP contribution in [0.3, 0.4) is 0 Å². The van der Waals surface area contributed by atoms with Crippen LogP contribution in [0.2, 0.25) is 0 Å². The van der Waals surface area contributed by atoms with E-state index >= 15 is 0 Å². The van der Waals surface area contributed by atoms with E-state index in [0.29, 0.717) is 31.9 Å². The lowest BCUT2D eigenvalue weighted by atomic mass is 10.0. The van der Waals surface area contributed by atoms with Gasteiger partial charge < -0.3 is 13.9 Å². The molecule has 0 saturated carbocycles. The number of benzene rings is 1. The number of ether oxygens (including phenoxy) is 2. The largest absolute Gasteiger partial charge is 0.422 e. The number of carbonyl (C=O) groups excluding carboxylic acids is 1. The summed E-state index contributed by atoms with van der Waals surface area (Å²) in [6.07, 6.45) is 1.22. The molecule has 1 aromatic heterocycles. The van der Waals surface area contributed by atoms with Crippen molar-refractivity contribution in [3.8, 4) is 17.5 Å². The van der Waals surface area contributed by atoms with Crippen LogP contribution in [0.4, 0.5) is 0 Å². The summed E-state index contributed by atoms with van der Waals surface area (Å²) in [4.78, 5) is 11.9. The van der Waals surface area contributed by atoms with E-state index in [-0.39, 0.29) is 18.0 Å². The van der Waals surface area contributed by atoms with Gasteiger partial charge in [-0.25, -0.2) is 0 Å². The van der Waals surface area contributed by atoms with E-state index in [0.717, 1.165) is 5.56 Å². The van der Waals surface area contributed by atoms with E-state index in [4.69, 9.17) is 13.9 Å². The molecule has 2 heterocycles. The van der Waals surface area contributed by atoms with Crippen LogP contribution < -0.4 is 4.74 Å². The monoisotopic (exact) mass is 274 g/mol. The van der Waals surface area contributed by atoms with Crippen LogP contribution in [0.15, 0.2) is 34.7 Å². The molecular formula is C14H14N2O4. The maximum Gasteiger partial charge on any atom is 0.422 e. The normalized spacial score (nSPS) is 16.0. The van der Waals surface area contributed by atoms with Gasteiger partial charge in [0.05, 0.1) is 5.92 Å². The Morgan fingerprint density at radius 1 is 1.15 bits per heavy atom. The Bertz CT molecular complexity index is 576. The zero-order chi connectivity index (χ0) is 13.8. The fraction of sp³-hybridized carbons (Fsp3) is 0.357. The number of esters is 1. The average molecular weight is 274 g/mol. The predicted molar refractivity (Wildman–Crippen MR) is 68.9 cm³/mol. The fourth-order valence-corrected chi connectivity index (χ4v) is 2.05. The van der Waals surface area contributed by atoms with E-state index in [1.165, 1.54) is 0 Å². The van der Waals surface area contributed by atoms with Crippen LogP contribution >= 0.6 is 0 Å². The zero-order valence-electron chi connectivity index (χ0n) is 10.8. The summed E-state index contributed by atoms with van der Waals surface area (Å²) >= 11 is 0. The molecule has 3 rings (SSSR count). The molecule has 0 radical (unpaired) electrons. The molecule has 0 atom stereocenters. The van der Waals surface area contributed by atoms with Gasteiger partial charge in [0.25, 0.3) is 5.89 Å². The van der Waals surface area contributed by atoms with Crippen molar-refractivity contribution < 1.29 is 18.7 Å². The highest BCUT2D eigenvalue weighted by Crippen LogP contribution is 2.22. The van der Waals surface area contributed by atoms with Gasteiger partial charge in [0, 0.05) is 18.8 Å². The first-order chi connectivity index (χ1) is 9.83. The minimum Gasteiger partial charge on any atom is -0.388 e. The molecule has 6 nitrogen and oxygen atoms in total. The molecule has 0 aliphatic carbocycles. The summed E-state index contributed by atoms with van der Waals surface area (Å²) in [5.74, 6) is -0.159. The van der Waals surface area contributed by atoms with Crippen molar-refractivity contribution in [3.63, 3.8) is 0 Å². The van der Waals surface area contributed by atoms with Gasteiger partial charge in [-0.2, -0.15) is 0 Å². The lowest BCUT2D eigenvalue weighted by molar-refractivity contribution is -0.143. The van der Waals surface area contributed by atoms with Crippen molar-refractivity contribution in [1.29, 1.82) is 0 Å². The quantitative estimate of drug-likeness (QED) is 0.798. The van der Waals surface area contributed by atoms with Crippen LogP contribution in [0.5, 0.6) is 6.08 Å². The van der Waals surface area contributed by atoms with Crippen LogP contribution in [0, 0.1) is 5.92 Å². The van der Waals surface area contributed by atoms with Crippen LogP contribution in [-0.2, 0) is 9.53 Å². The SMILES string of the molecule is O=C(Oc1nnc(-c2ccccc2)o1)C1CCOCC1. The number of hydrogen-bond acceptors (Lipinski definition) is 6. The zero-order valence-corrected chi connectivity index (χ0v) is 10.8. The van der Waals surface area contributed by atoms with E-state index in [1.54, 1.807) is 0 Å².